The van der Waals surface area contributed by atoms with Crippen LogP contribution in [0.2, 0.25) is 0 Å². The van der Waals surface area contributed by atoms with Crippen LogP contribution in [0.3, 0.4) is 0 Å². The predicted molar refractivity (Wildman–Crippen MR) is 75.4 cm³/mol. The van der Waals surface area contributed by atoms with Crippen LogP contribution < -0.4 is 0 Å². The molecule has 19 heavy (non-hydrogen) atoms. The third-order valence-corrected chi connectivity index (χ3v) is 4.68. The van der Waals surface area contributed by atoms with Gasteiger partial charge in [0.15, 0.2) is 0 Å². The second-order valence-electron chi connectivity index (χ2n) is 5.66. The molecular weight excluding hydrogens is 232 g/mol. The van der Waals surface area contributed by atoms with E-state index >= 15 is 0 Å². The number of fused-ring (bicyclic) bond motifs is 2. The molecule has 0 bridgehead atoms. The van der Waals surface area contributed by atoms with Crippen LogP contribution in [-0.4, -0.2) is 5.78 Å². The summed E-state index contributed by atoms with van der Waals surface area (Å²) in [5.41, 5.74) is 5.35. The number of aryl methyl sites for hydroxylation is 1. The van der Waals surface area contributed by atoms with Gasteiger partial charge in [-0.3, -0.25) is 4.79 Å². The number of benzene rings is 2. The first-order valence-corrected chi connectivity index (χ1v) is 7.03. The molecule has 0 saturated heterocycles. The van der Waals surface area contributed by atoms with Crippen molar-refractivity contribution in [2.75, 3.05) is 0 Å². The van der Waals surface area contributed by atoms with Gasteiger partial charge in [-0.25, -0.2) is 0 Å². The molecule has 0 spiro atoms. The minimum Gasteiger partial charge on any atom is -0.299 e. The quantitative estimate of drug-likeness (QED) is 0.753. The summed E-state index contributed by atoms with van der Waals surface area (Å²) < 4.78 is 0. The van der Waals surface area contributed by atoms with Crippen LogP contribution in [0.4, 0.5) is 0 Å². The van der Waals surface area contributed by atoms with Gasteiger partial charge in [-0.05, 0) is 41.0 Å². The lowest BCUT2D eigenvalue weighted by Crippen LogP contribution is -2.14. The van der Waals surface area contributed by atoms with E-state index in [1.807, 2.05) is 6.07 Å². The predicted octanol–water partition coefficient (Wildman–Crippen LogP) is 3.63. The monoisotopic (exact) mass is 248 g/mol. The summed E-state index contributed by atoms with van der Waals surface area (Å²) in [6.45, 7) is 0. The molecular formula is C18H16O. The number of carbonyl (C=O) groups excluding carboxylic acids is 1. The highest BCUT2D eigenvalue weighted by atomic mass is 16.1. The highest BCUT2D eigenvalue weighted by molar-refractivity contribution is 5.93. The van der Waals surface area contributed by atoms with Crippen molar-refractivity contribution in [1.29, 1.82) is 0 Å². The Morgan fingerprint density at radius 2 is 1.53 bits per heavy atom. The highest BCUT2D eigenvalue weighted by Crippen LogP contribution is 2.47. The largest absolute Gasteiger partial charge is 0.299 e. The van der Waals surface area contributed by atoms with Crippen LogP contribution in [0.25, 0.3) is 0 Å². The van der Waals surface area contributed by atoms with Crippen LogP contribution in [-0.2, 0) is 17.6 Å². The summed E-state index contributed by atoms with van der Waals surface area (Å²) >= 11 is 0. The number of hydrogen-bond acceptors (Lipinski definition) is 1. The van der Waals surface area contributed by atoms with Crippen molar-refractivity contribution in [1.82, 2.24) is 0 Å². The summed E-state index contributed by atoms with van der Waals surface area (Å²) in [5.74, 6) is 0.898. The van der Waals surface area contributed by atoms with Gasteiger partial charge in [0.1, 0.15) is 5.78 Å². The Balaban J connectivity index is 1.81. The molecule has 0 aromatic heterocycles. The number of ketones is 1. The lowest BCUT2D eigenvalue weighted by molar-refractivity contribution is -0.119. The molecule has 0 radical (unpaired) electrons. The van der Waals surface area contributed by atoms with E-state index < -0.39 is 0 Å². The Hall–Kier alpha value is -1.89. The summed E-state index contributed by atoms with van der Waals surface area (Å²) in [7, 11) is 0. The van der Waals surface area contributed by atoms with E-state index in [9.17, 15) is 4.79 Å². The van der Waals surface area contributed by atoms with E-state index in [1.165, 1.54) is 22.3 Å². The van der Waals surface area contributed by atoms with Crippen molar-refractivity contribution in [3.8, 4) is 0 Å². The topological polar surface area (TPSA) is 17.1 Å². The lowest BCUT2D eigenvalue weighted by Gasteiger charge is -2.19. The molecule has 0 fully saturated rings. The number of rotatable bonds is 1. The van der Waals surface area contributed by atoms with Gasteiger partial charge in [0.25, 0.3) is 0 Å². The molecule has 2 aromatic carbocycles. The molecule has 2 aromatic rings. The smallest absolute Gasteiger partial charge is 0.145 e. The first-order chi connectivity index (χ1) is 9.34. The van der Waals surface area contributed by atoms with Crippen LogP contribution in [0.15, 0.2) is 48.5 Å². The first kappa shape index (κ1) is 11.0. The second-order valence-corrected chi connectivity index (χ2v) is 5.66. The maximum absolute atomic E-state index is 12.4. The fraction of sp³-hybridized carbons (Fsp3) is 0.278. The molecule has 0 aliphatic heterocycles. The molecule has 2 atom stereocenters. The van der Waals surface area contributed by atoms with Gasteiger partial charge in [0.05, 0.1) is 5.92 Å². The van der Waals surface area contributed by atoms with Gasteiger partial charge in [-0.2, -0.15) is 0 Å². The average molecular weight is 248 g/mol. The van der Waals surface area contributed by atoms with Crippen LogP contribution in [0.5, 0.6) is 0 Å². The molecule has 0 N–H and O–H groups in total. The molecule has 1 nitrogen and oxygen atoms in total. The van der Waals surface area contributed by atoms with Crippen molar-refractivity contribution in [3.05, 3.63) is 70.8 Å². The Morgan fingerprint density at radius 1 is 0.842 bits per heavy atom. The van der Waals surface area contributed by atoms with E-state index in [4.69, 9.17) is 0 Å². The lowest BCUT2D eigenvalue weighted by atomic mass is 9.83. The van der Waals surface area contributed by atoms with Crippen LogP contribution >= 0.6 is 0 Å². The molecule has 0 amide bonds. The van der Waals surface area contributed by atoms with Crippen LogP contribution in [0, 0.1) is 0 Å². The maximum Gasteiger partial charge on any atom is 0.145 e. The summed E-state index contributed by atoms with van der Waals surface area (Å²) in [5, 5.41) is 0. The highest BCUT2D eigenvalue weighted by Gasteiger charge is 2.39. The van der Waals surface area contributed by atoms with Crippen LogP contribution in [0.1, 0.15) is 40.5 Å². The third-order valence-electron chi connectivity index (χ3n) is 4.68. The van der Waals surface area contributed by atoms with Crippen molar-refractivity contribution in [3.63, 3.8) is 0 Å². The number of Topliss-reactive ketones (excluding diaryl/α,β-unsaturated/α-hetero) is 1. The van der Waals surface area contributed by atoms with Gasteiger partial charge in [-0.1, -0.05) is 48.5 Å². The normalized spacial score (nSPS) is 24.3. The van der Waals surface area contributed by atoms with Gasteiger partial charge in [-0.15, -0.1) is 0 Å². The summed E-state index contributed by atoms with van der Waals surface area (Å²) in [6.07, 6.45) is 2.86. The Bertz CT molecular complexity index is 656. The Labute approximate surface area is 113 Å². The average Bonchev–Trinajstić information content (AvgIpc) is 2.98. The minimum atomic E-state index is 0.0971. The van der Waals surface area contributed by atoms with E-state index in [0.717, 1.165) is 12.8 Å². The Morgan fingerprint density at radius 3 is 2.37 bits per heavy atom. The molecule has 1 heteroatoms. The molecule has 0 heterocycles. The van der Waals surface area contributed by atoms with Crippen molar-refractivity contribution in [2.24, 2.45) is 0 Å². The standard InChI is InChI=1S/C18H16O/c19-17-11-13-6-2-4-8-15(13)18(17)16-10-9-12-5-1-3-7-14(12)16/h1-8,16,18H,9-11H2. The van der Waals surface area contributed by atoms with Gasteiger partial charge in [0.2, 0.25) is 0 Å². The number of hydrogen-bond donors (Lipinski definition) is 0. The van der Waals surface area contributed by atoms with Gasteiger partial charge in [0, 0.05) is 6.42 Å². The molecule has 2 unspecified atom stereocenters. The molecule has 94 valence electrons. The summed E-state index contributed by atoms with van der Waals surface area (Å²) in [6, 6.07) is 17.0. The second kappa shape index (κ2) is 4.06. The Kier molecular flexibility index (Phi) is 2.34. The zero-order valence-corrected chi connectivity index (χ0v) is 10.8. The SMILES string of the molecule is O=C1Cc2ccccc2C1C1CCc2ccccc21. The minimum absolute atomic E-state index is 0.0971. The number of carbonyl (C=O) groups is 1. The van der Waals surface area contributed by atoms with Crippen molar-refractivity contribution in [2.45, 2.75) is 31.1 Å². The summed E-state index contributed by atoms with van der Waals surface area (Å²) in [4.78, 5) is 12.4. The maximum atomic E-state index is 12.4. The van der Waals surface area contributed by atoms with E-state index in [2.05, 4.69) is 42.5 Å². The zero-order valence-electron chi connectivity index (χ0n) is 10.8. The molecule has 4 rings (SSSR count). The fourth-order valence-electron chi connectivity index (χ4n) is 3.85. The fourth-order valence-corrected chi connectivity index (χ4v) is 3.85. The molecule has 0 saturated carbocycles. The third kappa shape index (κ3) is 1.58. The first-order valence-electron chi connectivity index (χ1n) is 7.03. The van der Waals surface area contributed by atoms with Gasteiger partial charge < -0.3 is 0 Å². The molecule has 2 aliphatic rings. The van der Waals surface area contributed by atoms with E-state index in [-0.39, 0.29) is 5.92 Å². The van der Waals surface area contributed by atoms with Crippen molar-refractivity contribution < 1.29 is 4.79 Å². The van der Waals surface area contributed by atoms with E-state index in [0.29, 0.717) is 18.1 Å². The van der Waals surface area contributed by atoms with E-state index in [1.54, 1.807) is 0 Å². The van der Waals surface area contributed by atoms with Crippen molar-refractivity contribution >= 4 is 5.78 Å². The molecule has 2 aliphatic carbocycles. The van der Waals surface area contributed by atoms with Gasteiger partial charge >= 0.3 is 0 Å². The zero-order chi connectivity index (χ0) is 12.8.